The second-order valence-corrected chi connectivity index (χ2v) is 9.61. The van der Waals surface area contributed by atoms with Crippen LogP contribution in [0.1, 0.15) is 0 Å². The largest absolute Gasteiger partial charge is 0.343 e. The summed E-state index contributed by atoms with van der Waals surface area (Å²) in [6.07, 6.45) is 0. The van der Waals surface area contributed by atoms with Crippen molar-refractivity contribution in [3.8, 4) is 0 Å². The highest BCUT2D eigenvalue weighted by molar-refractivity contribution is 6.61. The van der Waals surface area contributed by atoms with Gasteiger partial charge in [0.15, 0.2) is 0 Å². The number of urea groups is 2. The number of fused-ring (bicyclic) bond motifs is 1. The van der Waals surface area contributed by atoms with Crippen LogP contribution in [0.4, 0.5) is 32.3 Å². The molecule has 8 amide bonds. The molecular formula is C28H14Cl2N4O6. The summed E-state index contributed by atoms with van der Waals surface area (Å²) < 4.78 is 0. The van der Waals surface area contributed by atoms with Gasteiger partial charge in [-0.1, -0.05) is 59.6 Å². The Bertz CT molecular complexity index is 1710. The molecule has 0 unspecified atom stereocenters. The van der Waals surface area contributed by atoms with Crippen molar-refractivity contribution in [3.63, 3.8) is 0 Å². The number of nitrogens with zero attached hydrogens (tertiary/aromatic N) is 4. The minimum absolute atomic E-state index is 0.0457. The Balaban J connectivity index is 1.44. The van der Waals surface area contributed by atoms with Crippen LogP contribution < -0.4 is 19.6 Å². The van der Waals surface area contributed by atoms with E-state index in [-0.39, 0.29) is 43.6 Å². The number of hydrogen-bond acceptors (Lipinski definition) is 6. The van der Waals surface area contributed by atoms with Crippen molar-refractivity contribution in [1.29, 1.82) is 0 Å². The van der Waals surface area contributed by atoms with Crippen molar-refractivity contribution in [2.75, 3.05) is 19.6 Å². The number of carbonyl (C=O) groups is 6. The number of amides is 8. The number of benzene rings is 4. The molecule has 12 heteroatoms. The summed E-state index contributed by atoms with van der Waals surface area (Å²) in [7, 11) is 0. The summed E-state index contributed by atoms with van der Waals surface area (Å²) in [5.41, 5.74) is 0.327. The van der Waals surface area contributed by atoms with Crippen molar-refractivity contribution < 1.29 is 28.8 Å². The van der Waals surface area contributed by atoms with Gasteiger partial charge >= 0.3 is 35.7 Å². The second kappa shape index (κ2) is 9.30. The number of hydrogen-bond donors (Lipinski definition) is 0. The van der Waals surface area contributed by atoms with Gasteiger partial charge in [0.25, 0.3) is 0 Å². The average molecular weight is 573 g/mol. The monoisotopic (exact) mass is 572 g/mol. The van der Waals surface area contributed by atoms with Crippen molar-refractivity contribution in [1.82, 2.24) is 0 Å². The zero-order chi connectivity index (χ0) is 28.3. The Morgan fingerprint density at radius 1 is 0.425 bits per heavy atom. The Morgan fingerprint density at radius 3 is 1.15 bits per heavy atom. The van der Waals surface area contributed by atoms with Crippen LogP contribution in [0.3, 0.4) is 0 Å². The van der Waals surface area contributed by atoms with Crippen LogP contribution in [0.5, 0.6) is 0 Å². The van der Waals surface area contributed by atoms with E-state index in [1.165, 1.54) is 60.7 Å². The van der Waals surface area contributed by atoms with E-state index in [4.69, 9.17) is 23.2 Å². The topological polar surface area (TPSA) is 115 Å². The second-order valence-electron chi connectivity index (χ2n) is 8.74. The molecule has 2 heterocycles. The molecule has 4 aromatic carbocycles. The molecule has 2 aliphatic rings. The van der Waals surface area contributed by atoms with E-state index in [1.807, 2.05) is 0 Å². The first kappa shape index (κ1) is 25.2. The van der Waals surface area contributed by atoms with Gasteiger partial charge in [0.1, 0.15) is 0 Å². The average Bonchev–Trinajstić information content (AvgIpc) is 3.29. The number of imide groups is 4. The lowest BCUT2D eigenvalue weighted by Crippen LogP contribution is -2.34. The lowest BCUT2D eigenvalue weighted by Gasteiger charge is -2.20. The van der Waals surface area contributed by atoms with Gasteiger partial charge in [0.05, 0.1) is 22.7 Å². The third-order valence-electron chi connectivity index (χ3n) is 6.43. The van der Waals surface area contributed by atoms with E-state index in [0.717, 1.165) is 0 Å². The molecule has 0 saturated carbocycles. The molecule has 2 aliphatic heterocycles. The summed E-state index contributed by atoms with van der Waals surface area (Å²) in [5.74, 6) is -4.35. The van der Waals surface area contributed by atoms with Gasteiger partial charge in [-0.3, -0.25) is 19.2 Å². The molecule has 10 nitrogen and oxygen atoms in total. The third-order valence-corrected chi connectivity index (χ3v) is 6.90. The first-order chi connectivity index (χ1) is 19.2. The fourth-order valence-corrected chi connectivity index (χ4v) is 5.08. The first-order valence-corrected chi connectivity index (χ1v) is 12.4. The maximum Gasteiger partial charge on any atom is 0.343 e. The highest BCUT2D eigenvalue weighted by atomic mass is 35.5. The summed E-state index contributed by atoms with van der Waals surface area (Å²) in [4.78, 5) is 81.4. The molecule has 0 aromatic heterocycles. The van der Waals surface area contributed by atoms with Gasteiger partial charge in [0, 0.05) is 20.8 Å². The predicted octanol–water partition coefficient (Wildman–Crippen LogP) is 5.15. The van der Waals surface area contributed by atoms with Gasteiger partial charge in [-0.05, 0) is 48.5 Å². The van der Waals surface area contributed by atoms with Crippen molar-refractivity contribution >= 4 is 92.4 Å². The van der Waals surface area contributed by atoms with Gasteiger partial charge in [-0.15, -0.1) is 0 Å². The van der Waals surface area contributed by atoms with E-state index < -0.39 is 35.7 Å². The predicted molar refractivity (Wildman–Crippen MR) is 148 cm³/mol. The molecular weight excluding hydrogens is 559 g/mol. The van der Waals surface area contributed by atoms with Gasteiger partial charge in [-0.25, -0.2) is 29.2 Å². The molecule has 0 aliphatic carbocycles. The van der Waals surface area contributed by atoms with Gasteiger partial charge in [0.2, 0.25) is 0 Å². The smallest absolute Gasteiger partial charge is 0.262 e. The lowest BCUT2D eigenvalue weighted by atomic mass is 10.1. The number of halogens is 2. The van der Waals surface area contributed by atoms with Crippen LogP contribution >= 0.6 is 23.2 Å². The summed E-state index contributed by atoms with van der Waals surface area (Å²) >= 11 is 12.0. The third kappa shape index (κ3) is 3.73. The summed E-state index contributed by atoms with van der Waals surface area (Å²) in [6.45, 7) is 0. The summed E-state index contributed by atoms with van der Waals surface area (Å²) in [6, 6.07) is 19.0. The van der Waals surface area contributed by atoms with Crippen LogP contribution in [0.2, 0.25) is 10.0 Å². The van der Waals surface area contributed by atoms with Crippen LogP contribution in [0, 0.1) is 0 Å². The van der Waals surface area contributed by atoms with Gasteiger partial charge in [-0.2, -0.15) is 0 Å². The molecule has 2 fully saturated rings. The quantitative estimate of drug-likeness (QED) is 0.247. The minimum Gasteiger partial charge on any atom is -0.262 e. The van der Waals surface area contributed by atoms with E-state index >= 15 is 0 Å². The molecule has 0 bridgehead atoms. The van der Waals surface area contributed by atoms with Crippen molar-refractivity contribution in [2.45, 2.75) is 0 Å². The fourth-order valence-electron chi connectivity index (χ4n) is 4.71. The molecule has 196 valence electrons. The van der Waals surface area contributed by atoms with E-state index in [1.54, 1.807) is 24.3 Å². The number of anilines is 4. The highest BCUT2D eigenvalue weighted by Gasteiger charge is 2.48. The first-order valence-electron chi connectivity index (χ1n) is 11.7. The summed E-state index contributed by atoms with van der Waals surface area (Å²) in [5, 5.41) is 1.08. The molecule has 40 heavy (non-hydrogen) atoms. The molecule has 0 atom stereocenters. The zero-order valence-electron chi connectivity index (χ0n) is 20.1. The van der Waals surface area contributed by atoms with Crippen LogP contribution in [0.25, 0.3) is 10.8 Å². The van der Waals surface area contributed by atoms with Crippen LogP contribution in [-0.2, 0) is 19.2 Å². The van der Waals surface area contributed by atoms with Crippen LogP contribution in [-0.4, -0.2) is 35.7 Å². The van der Waals surface area contributed by atoms with Gasteiger partial charge < -0.3 is 0 Å². The standard InChI is InChI=1S/C28H14Cl2N4O6/c29-15-5-1-7-17(13-15)31-23(35)25(37)33(27(31)39)21-11-3-10-20-19(21)9-4-12-22(20)34-26(38)24(36)32(28(34)40)18-8-2-6-16(30)14-18/h1-14H. The minimum atomic E-state index is -1.10. The molecule has 0 radical (unpaired) electrons. The Kier molecular flexibility index (Phi) is 5.86. The molecule has 0 N–H and O–H groups in total. The molecule has 0 spiro atoms. The van der Waals surface area contributed by atoms with E-state index in [0.29, 0.717) is 19.6 Å². The van der Waals surface area contributed by atoms with E-state index in [2.05, 4.69) is 0 Å². The SMILES string of the molecule is O=C1C(=O)N(c2cccc3c(N4C(=O)C(=O)N(c5cccc(Cl)c5)C4=O)cccc23)C(=O)N1c1cccc(Cl)c1. The normalized spacial score (nSPS) is 15.8. The number of rotatable bonds is 4. The van der Waals surface area contributed by atoms with Crippen molar-refractivity contribution in [3.05, 3.63) is 95.0 Å². The zero-order valence-corrected chi connectivity index (χ0v) is 21.6. The maximum absolute atomic E-state index is 13.4. The Hall–Kier alpha value is -5.06. The fraction of sp³-hybridized carbons (Fsp3) is 0. The van der Waals surface area contributed by atoms with Crippen molar-refractivity contribution in [2.24, 2.45) is 0 Å². The number of carbonyl (C=O) groups excluding carboxylic acids is 6. The maximum atomic E-state index is 13.4. The Morgan fingerprint density at radius 2 is 0.775 bits per heavy atom. The molecule has 6 rings (SSSR count). The molecule has 2 saturated heterocycles. The molecule has 4 aromatic rings. The highest BCUT2D eigenvalue weighted by Crippen LogP contribution is 2.38. The van der Waals surface area contributed by atoms with E-state index in [9.17, 15) is 28.8 Å². The van der Waals surface area contributed by atoms with Crippen LogP contribution in [0.15, 0.2) is 84.9 Å². The Labute approximate surface area is 235 Å². The lowest BCUT2D eigenvalue weighted by molar-refractivity contribution is -0.133.